The van der Waals surface area contributed by atoms with Crippen molar-refractivity contribution < 1.29 is 18.0 Å². The van der Waals surface area contributed by atoms with E-state index in [1.807, 2.05) is 32.9 Å². The maximum absolute atomic E-state index is 12.3. The highest BCUT2D eigenvalue weighted by Gasteiger charge is 2.34. The second kappa shape index (κ2) is 6.31. The largest absolute Gasteiger partial charge is 0.333 e. The Hall–Kier alpha value is -1.89. The third kappa shape index (κ3) is 3.90. The number of aryl methyl sites for hydroxylation is 3. The Morgan fingerprint density at radius 1 is 1.17 bits per heavy atom. The molecule has 0 saturated carbocycles. The number of nitrogens with one attached hydrogen (secondary N) is 1. The van der Waals surface area contributed by atoms with Crippen molar-refractivity contribution in [2.75, 3.05) is 23.9 Å². The topological polar surface area (TPSA) is 83.6 Å². The van der Waals surface area contributed by atoms with Crippen molar-refractivity contribution in [2.45, 2.75) is 33.2 Å². The highest BCUT2D eigenvalue weighted by Crippen LogP contribution is 2.22. The van der Waals surface area contributed by atoms with Gasteiger partial charge in [-0.1, -0.05) is 17.7 Å². The minimum absolute atomic E-state index is 0.0626. The lowest BCUT2D eigenvalue weighted by Crippen LogP contribution is -2.44. The van der Waals surface area contributed by atoms with Crippen molar-refractivity contribution in [1.29, 1.82) is 0 Å². The number of rotatable bonds is 2. The van der Waals surface area contributed by atoms with Crippen molar-refractivity contribution >= 4 is 27.3 Å². The van der Waals surface area contributed by atoms with Gasteiger partial charge in [0, 0.05) is 18.8 Å². The lowest BCUT2D eigenvalue weighted by Gasteiger charge is -2.23. The molecule has 0 spiro atoms. The average molecular weight is 338 g/mol. The van der Waals surface area contributed by atoms with Gasteiger partial charge in [0.15, 0.2) is 9.84 Å². The Labute approximate surface area is 136 Å². The van der Waals surface area contributed by atoms with Gasteiger partial charge in [0.1, 0.15) is 0 Å². The normalized spacial score (nSPS) is 19.4. The monoisotopic (exact) mass is 338 g/mol. The molecule has 1 heterocycles. The van der Waals surface area contributed by atoms with E-state index in [1.165, 1.54) is 11.9 Å². The molecule has 0 bridgehead atoms. The summed E-state index contributed by atoms with van der Waals surface area (Å²) in [5, 5.41) is 2.65. The van der Waals surface area contributed by atoms with Crippen LogP contribution in [0.15, 0.2) is 12.1 Å². The van der Waals surface area contributed by atoms with Crippen LogP contribution in [0.2, 0.25) is 0 Å². The summed E-state index contributed by atoms with van der Waals surface area (Å²) in [6, 6.07) is 3.43. The van der Waals surface area contributed by atoms with Crippen LogP contribution < -0.4 is 5.32 Å². The summed E-state index contributed by atoms with van der Waals surface area (Å²) in [6.45, 7) is 5.70. The molecule has 2 rings (SSSR count). The number of sulfone groups is 1. The number of carbonyl (C=O) groups excluding carboxylic acids is 2. The second-order valence-electron chi connectivity index (χ2n) is 6.20. The van der Waals surface area contributed by atoms with Gasteiger partial charge in [0.2, 0.25) is 0 Å². The Balaban J connectivity index is 2.10. The van der Waals surface area contributed by atoms with E-state index in [0.29, 0.717) is 12.1 Å². The van der Waals surface area contributed by atoms with Crippen molar-refractivity contribution in [3.63, 3.8) is 0 Å². The van der Waals surface area contributed by atoms with E-state index in [1.54, 1.807) is 0 Å². The Morgan fingerprint density at radius 3 is 2.22 bits per heavy atom. The quantitative estimate of drug-likeness (QED) is 0.821. The first-order valence-corrected chi connectivity index (χ1v) is 9.29. The van der Waals surface area contributed by atoms with E-state index in [0.717, 1.165) is 16.7 Å². The Morgan fingerprint density at radius 2 is 1.74 bits per heavy atom. The zero-order valence-electron chi connectivity index (χ0n) is 13.8. The van der Waals surface area contributed by atoms with Crippen LogP contribution in [0.5, 0.6) is 0 Å². The summed E-state index contributed by atoms with van der Waals surface area (Å²) < 4.78 is 23.0. The number of carbonyl (C=O) groups is 2. The molecule has 1 atom stereocenters. The molecule has 1 aliphatic heterocycles. The second-order valence-corrected chi connectivity index (χ2v) is 8.43. The van der Waals surface area contributed by atoms with E-state index in [4.69, 9.17) is 0 Å². The van der Waals surface area contributed by atoms with E-state index in [-0.39, 0.29) is 11.5 Å². The van der Waals surface area contributed by atoms with Crippen LogP contribution in [-0.2, 0) is 19.4 Å². The molecule has 1 N–H and O–H groups in total. The van der Waals surface area contributed by atoms with Crippen molar-refractivity contribution in [1.82, 2.24) is 4.90 Å². The smallest absolute Gasteiger partial charge is 0.313 e. The van der Waals surface area contributed by atoms with E-state index < -0.39 is 27.7 Å². The average Bonchev–Trinajstić information content (AvgIpc) is 2.81. The molecular formula is C16H22N2O4S. The standard InChI is InChI=1S/C16H22N2O4S/c1-10-7-11(2)14(12(3)8-10)17-15(19)16(20)18(4)13-5-6-23(21,22)9-13/h7-8,13H,5-6,9H2,1-4H3,(H,17,19). The van der Waals surface area contributed by atoms with Gasteiger partial charge in [0.25, 0.3) is 0 Å². The minimum Gasteiger partial charge on any atom is -0.333 e. The number of hydrogen-bond acceptors (Lipinski definition) is 4. The third-order valence-electron chi connectivity index (χ3n) is 4.19. The number of anilines is 1. The molecule has 1 saturated heterocycles. The number of likely N-dealkylation sites (N-methyl/N-ethyl adjacent to an activating group) is 1. The number of nitrogens with zero attached hydrogens (tertiary/aromatic N) is 1. The fourth-order valence-corrected chi connectivity index (χ4v) is 4.73. The van der Waals surface area contributed by atoms with Crippen LogP contribution in [0, 0.1) is 20.8 Å². The predicted molar refractivity (Wildman–Crippen MR) is 89.1 cm³/mol. The Bertz CT molecular complexity index is 732. The first-order valence-electron chi connectivity index (χ1n) is 7.47. The molecule has 0 aliphatic carbocycles. The summed E-state index contributed by atoms with van der Waals surface area (Å²) in [6.07, 6.45) is 0.375. The third-order valence-corrected chi connectivity index (χ3v) is 5.94. The SMILES string of the molecule is Cc1cc(C)c(NC(=O)C(=O)N(C)C2CCS(=O)(=O)C2)c(C)c1. The lowest BCUT2D eigenvalue weighted by atomic mass is 10.1. The molecule has 0 aromatic heterocycles. The summed E-state index contributed by atoms with van der Waals surface area (Å²) in [7, 11) is -1.63. The van der Waals surface area contributed by atoms with Crippen LogP contribution in [0.3, 0.4) is 0 Å². The van der Waals surface area contributed by atoms with Crippen LogP contribution in [0.1, 0.15) is 23.1 Å². The van der Waals surface area contributed by atoms with Crippen molar-refractivity contribution in [3.05, 3.63) is 28.8 Å². The maximum Gasteiger partial charge on any atom is 0.313 e. The molecule has 1 aromatic rings. The molecular weight excluding hydrogens is 316 g/mol. The Kier molecular flexibility index (Phi) is 4.79. The van der Waals surface area contributed by atoms with Crippen LogP contribution in [0.25, 0.3) is 0 Å². The highest BCUT2D eigenvalue weighted by atomic mass is 32.2. The fraction of sp³-hybridized carbons (Fsp3) is 0.500. The van der Waals surface area contributed by atoms with Gasteiger partial charge in [-0.15, -0.1) is 0 Å². The molecule has 126 valence electrons. The fourth-order valence-electron chi connectivity index (χ4n) is 2.95. The predicted octanol–water partition coefficient (Wildman–Crippen LogP) is 1.20. The molecule has 1 fully saturated rings. The van der Waals surface area contributed by atoms with Gasteiger partial charge in [-0.25, -0.2) is 8.42 Å². The summed E-state index contributed by atoms with van der Waals surface area (Å²) in [5.74, 6) is -1.48. The molecule has 1 aliphatic rings. The summed E-state index contributed by atoms with van der Waals surface area (Å²) in [5.41, 5.74) is 3.48. The van der Waals surface area contributed by atoms with E-state index >= 15 is 0 Å². The van der Waals surface area contributed by atoms with Crippen molar-refractivity contribution in [2.24, 2.45) is 0 Å². The number of amides is 2. The maximum atomic E-state index is 12.3. The van der Waals surface area contributed by atoms with Gasteiger partial charge in [0.05, 0.1) is 11.5 Å². The molecule has 23 heavy (non-hydrogen) atoms. The molecule has 2 amide bonds. The molecule has 7 heteroatoms. The van der Waals surface area contributed by atoms with Gasteiger partial charge in [-0.2, -0.15) is 0 Å². The zero-order chi connectivity index (χ0) is 17.4. The first kappa shape index (κ1) is 17.5. The van der Waals surface area contributed by atoms with Gasteiger partial charge >= 0.3 is 11.8 Å². The minimum atomic E-state index is -3.10. The first-order chi connectivity index (χ1) is 10.6. The number of benzene rings is 1. The van der Waals surface area contributed by atoms with Gasteiger partial charge in [-0.05, 0) is 38.3 Å². The lowest BCUT2D eigenvalue weighted by molar-refractivity contribution is -0.143. The van der Waals surface area contributed by atoms with E-state index in [2.05, 4.69) is 5.32 Å². The van der Waals surface area contributed by atoms with Crippen molar-refractivity contribution in [3.8, 4) is 0 Å². The number of hydrogen-bond donors (Lipinski definition) is 1. The molecule has 0 radical (unpaired) electrons. The van der Waals surface area contributed by atoms with Gasteiger partial charge < -0.3 is 10.2 Å². The van der Waals surface area contributed by atoms with Crippen LogP contribution in [-0.4, -0.2) is 49.7 Å². The molecule has 1 unspecified atom stereocenters. The van der Waals surface area contributed by atoms with Crippen LogP contribution in [0.4, 0.5) is 5.69 Å². The van der Waals surface area contributed by atoms with Crippen LogP contribution >= 0.6 is 0 Å². The summed E-state index contributed by atoms with van der Waals surface area (Å²) in [4.78, 5) is 25.7. The van der Waals surface area contributed by atoms with E-state index in [9.17, 15) is 18.0 Å². The highest BCUT2D eigenvalue weighted by molar-refractivity contribution is 7.91. The molecule has 6 nitrogen and oxygen atoms in total. The molecule has 1 aromatic carbocycles. The zero-order valence-corrected chi connectivity index (χ0v) is 14.7. The summed E-state index contributed by atoms with van der Waals surface area (Å²) >= 11 is 0. The van der Waals surface area contributed by atoms with Gasteiger partial charge in [-0.3, -0.25) is 9.59 Å².